The van der Waals surface area contributed by atoms with Crippen LogP contribution in [-0.2, 0) is 16.1 Å². The summed E-state index contributed by atoms with van der Waals surface area (Å²) >= 11 is 0. The molecule has 0 aliphatic rings. The van der Waals surface area contributed by atoms with Gasteiger partial charge in [-0.25, -0.2) is 0 Å². The minimum atomic E-state index is -0.0382. The van der Waals surface area contributed by atoms with Gasteiger partial charge in [-0.3, -0.25) is 4.79 Å². The number of rotatable bonds is 8. The molecule has 1 rings (SSSR count). The van der Waals surface area contributed by atoms with Crippen molar-refractivity contribution in [2.24, 2.45) is 0 Å². The lowest BCUT2D eigenvalue weighted by atomic mass is 10.1. The SMILES string of the molecule is CC(C)(C)NCC(=O)NCCCOCc1ccco1. The Bertz CT molecular complexity index is 355. The van der Waals surface area contributed by atoms with E-state index in [1.165, 1.54) is 0 Å². The fourth-order valence-electron chi connectivity index (χ4n) is 1.38. The molecule has 1 aromatic heterocycles. The van der Waals surface area contributed by atoms with Crippen LogP contribution in [0.1, 0.15) is 33.0 Å². The van der Waals surface area contributed by atoms with Gasteiger partial charge in [-0.15, -0.1) is 0 Å². The van der Waals surface area contributed by atoms with Crippen molar-refractivity contribution in [2.75, 3.05) is 19.7 Å². The molecule has 5 nitrogen and oxygen atoms in total. The Kier molecular flexibility index (Phi) is 6.59. The van der Waals surface area contributed by atoms with Gasteiger partial charge in [0, 0.05) is 18.7 Å². The minimum Gasteiger partial charge on any atom is -0.467 e. The van der Waals surface area contributed by atoms with Crippen molar-refractivity contribution in [1.82, 2.24) is 10.6 Å². The molecular formula is C14H24N2O3. The van der Waals surface area contributed by atoms with Crippen LogP contribution in [-0.4, -0.2) is 31.1 Å². The molecule has 1 heterocycles. The van der Waals surface area contributed by atoms with Crippen LogP contribution in [0.4, 0.5) is 0 Å². The Labute approximate surface area is 114 Å². The molecule has 0 atom stereocenters. The summed E-state index contributed by atoms with van der Waals surface area (Å²) in [5, 5.41) is 5.98. The Balaban J connectivity index is 1.94. The summed E-state index contributed by atoms with van der Waals surface area (Å²) in [6.07, 6.45) is 2.42. The predicted molar refractivity (Wildman–Crippen MR) is 73.7 cm³/mol. The standard InChI is InChI=1S/C14H24N2O3/c1-14(2,3)16-10-13(17)15-7-5-8-18-11-12-6-4-9-19-12/h4,6,9,16H,5,7-8,10-11H2,1-3H3,(H,15,17). The zero-order valence-corrected chi connectivity index (χ0v) is 12.0. The number of carbonyl (C=O) groups excluding carboxylic acids is 1. The van der Waals surface area contributed by atoms with Crippen molar-refractivity contribution in [2.45, 2.75) is 39.3 Å². The molecule has 108 valence electrons. The summed E-state index contributed by atoms with van der Waals surface area (Å²) < 4.78 is 10.6. The molecule has 0 aliphatic carbocycles. The van der Waals surface area contributed by atoms with Crippen LogP contribution >= 0.6 is 0 Å². The fourth-order valence-corrected chi connectivity index (χ4v) is 1.38. The van der Waals surface area contributed by atoms with E-state index in [1.807, 2.05) is 32.9 Å². The van der Waals surface area contributed by atoms with Gasteiger partial charge in [0.1, 0.15) is 12.4 Å². The van der Waals surface area contributed by atoms with Crippen molar-refractivity contribution < 1.29 is 13.9 Å². The van der Waals surface area contributed by atoms with E-state index in [2.05, 4.69) is 10.6 Å². The van der Waals surface area contributed by atoms with E-state index in [4.69, 9.17) is 9.15 Å². The molecule has 0 saturated carbocycles. The summed E-state index contributed by atoms with van der Waals surface area (Å²) in [6.45, 7) is 8.15. The van der Waals surface area contributed by atoms with E-state index in [-0.39, 0.29) is 11.4 Å². The molecule has 0 aliphatic heterocycles. The average Bonchev–Trinajstić information content (AvgIpc) is 2.83. The molecule has 0 saturated heterocycles. The molecule has 0 bridgehead atoms. The minimum absolute atomic E-state index is 0.0148. The normalized spacial score (nSPS) is 11.5. The van der Waals surface area contributed by atoms with Gasteiger partial charge in [-0.1, -0.05) is 0 Å². The van der Waals surface area contributed by atoms with Crippen LogP contribution < -0.4 is 10.6 Å². The Morgan fingerprint density at radius 1 is 1.42 bits per heavy atom. The highest BCUT2D eigenvalue weighted by Crippen LogP contribution is 2.01. The summed E-state index contributed by atoms with van der Waals surface area (Å²) in [4.78, 5) is 11.5. The van der Waals surface area contributed by atoms with E-state index >= 15 is 0 Å². The van der Waals surface area contributed by atoms with Crippen LogP contribution in [0.5, 0.6) is 0 Å². The second-order valence-electron chi connectivity index (χ2n) is 5.44. The molecule has 0 aromatic carbocycles. The molecule has 5 heteroatoms. The van der Waals surface area contributed by atoms with E-state index in [9.17, 15) is 4.79 Å². The van der Waals surface area contributed by atoms with Gasteiger partial charge in [-0.05, 0) is 39.3 Å². The number of furan rings is 1. The first-order valence-electron chi connectivity index (χ1n) is 6.59. The summed E-state index contributed by atoms with van der Waals surface area (Å²) in [5.74, 6) is 0.833. The molecule has 1 aromatic rings. The molecule has 1 amide bonds. The first-order chi connectivity index (χ1) is 8.97. The average molecular weight is 268 g/mol. The lowest BCUT2D eigenvalue weighted by Gasteiger charge is -2.19. The van der Waals surface area contributed by atoms with Crippen molar-refractivity contribution in [3.8, 4) is 0 Å². The molecule has 0 spiro atoms. The molecule has 0 unspecified atom stereocenters. The summed E-state index contributed by atoms with van der Waals surface area (Å²) in [6, 6.07) is 3.71. The second kappa shape index (κ2) is 7.96. The van der Waals surface area contributed by atoms with Gasteiger partial charge in [0.25, 0.3) is 0 Å². The monoisotopic (exact) mass is 268 g/mol. The smallest absolute Gasteiger partial charge is 0.233 e. The Morgan fingerprint density at radius 2 is 2.21 bits per heavy atom. The number of nitrogens with one attached hydrogen (secondary N) is 2. The maximum absolute atomic E-state index is 11.5. The van der Waals surface area contributed by atoms with Gasteiger partial charge < -0.3 is 19.8 Å². The highest BCUT2D eigenvalue weighted by molar-refractivity contribution is 5.78. The lowest BCUT2D eigenvalue weighted by Crippen LogP contribution is -2.43. The highest BCUT2D eigenvalue weighted by Gasteiger charge is 2.10. The van der Waals surface area contributed by atoms with Crippen molar-refractivity contribution >= 4 is 5.91 Å². The first-order valence-corrected chi connectivity index (χ1v) is 6.59. The van der Waals surface area contributed by atoms with E-state index < -0.39 is 0 Å². The van der Waals surface area contributed by atoms with Gasteiger partial charge in [0.2, 0.25) is 5.91 Å². The number of carbonyl (C=O) groups is 1. The van der Waals surface area contributed by atoms with Gasteiger partial charge in [0.15, 0.2) is 0 Å². The van der Waals surface area contributed by atoms with Crippen LogP contribution in [0.3, 0.4) is 0 Å². The van der Waals surface area contributed by atoms with Crippen LogP contribution in [0.2, 0.25) is 0 Å². The van der Waals surface area contributed by atoms with Crippen LogP contribution in [0, 0.1) is 0 Å². The number of ether oxygens (including phenoxy) is 1. The van der Waals surface area contributed by atoms with Gasteiger partial charge in [-0.2, -0.15) is 0 Å². The summed E-state index contributed by atoms with van der Waals surface area (Å²) in [5.41, 5.74) is -0.0382. The second-order valence-corrected chi connectivity index (χ2v) is 5.44. The predicted octanol–water partition coefficient (Wildman–Crippen LogP) is 1.69. The van der Waals surface area contributed by atoms with E-state index in [1.54, 1.807) is 6.26 Å². The highest BCUT2D eigenvalue weighted by atomic mass is 16.5. The quantitative estimate of drug-likeness (QED) is 0.704. The Hall–Kier alpha value is -1.33. The molecule has 19 heavy (non-hydrogen) atoms. The third-order valence-corrected chi connectivity index (χ3v) is 2.39. The van der Waals surface area contributed by atoms with Crippen LogP contribution in [0.25, 0.3) is 0 Å². The van der Waals surface area contributed by atoms with Gasteiger partial charge >= 0.3 is 0 Å². The van der Waals surface area contributed by atoms with E-state index in [0.29, 0.717) is 26.3 Å². The topological polar surface area (TPSA) is 63.5 Å². The lowest BCUT2D eigenvalue weighted by molar-refractivity contribution is -0.120. The molecule has 0 fully saturated rings. The largest absolute Gasteiger partial charge is 0.467 e. The van der Waals surface area contributed by atoms with Gasteiger partial charge in [0.05, 0.1) is 12.8 Å². The first kappa shape index (κ1) is 15.7. The third kappa shape index (κ3) is 8.40. The number of hydrogen-bond donors (Lipinski definition) is 2. The maximum atomic E-state index is 11.5. The van der Waals surface area contributed by atoms with Crippen molar-refractivity contribution in [3.63, 3.8) is 0 Å². The van der Waals surface area contributed by atoms with Crippen molar-refractivity contribution in [1.29, 1.82) is 0 Å². The van der Waals surface area contributed by atoms with Crippen molar-refractivity contribution in [3.05, 3.63) is 24.2 Å². The fraction of sp³-hybridized carbons (Fsp3) is 0.643. The zero-order valence-electron chi connectivity index (χ0n) is 12.0. The molecule has 2 N–H and O–H groups in total. The third-order valence-electron chi connectivity index (χ3n) is 2.39. The zero-order chi connectivity index (χ0) is 14.1. The maximum Gasteiger partial charge on any atom is 0.233 e. The number of amides is 1. The van der Waals surface area contributed by atoms with Crippen LogP contribution in [0.15, 0.2) is 22.8 Å². The number of hydrogen-bond acceptors (Lipinski definition) is 4. The molecule has 0 radical (unpaired) electrons. The molecular weight excluding hydrogens is 244 g/mol. The van der Waals surface area contributed by atoms with E-state index in [0.717, 1.165) is 12.2 Å². The Morgan fingerprint density at radius 3 is 2.84 bits per heavy atom. The summed E-state index contributed by atoms with van der Waals surface area (Å²) in [7, 11) is 0.